The van der Waals surface area contributed by atoms with Gasteiger partial charge in [-0.25, -0.2) is 0 Å². The molecule has 0 heterocycles. The molecular weight excluding hydrogens is 225 g/mol. The van der Waals surface area contributed by atoms with Crippen LogP contribution < -0.4 is 5.73 Å². The van der Waals surface area contributed by atoms with Crippen molar-refractivity contribution in [2.45, 2.75) is 6.42 Å². The van der Waals surface area contributed by atoms with Crippen LogP contribution in [0, 0.1) is 0 Å². The summed E-state index contributed by atoms with van der Waals surface area (Å²) in [6.07, 6.45) is 0.0694. The summed E-state index contributed by atoms with van der Waals surface area (Å²) in [5.41, 5.74) is 4.85. The van der Waals surface area contributed by atoms with Crippen LogP contribution in [0.2, 0.25) is 10.0 Å². The quantitative estimate of drug-likeness (QED) is 0.828. The summed E-state index contributed by atoms with van der Waals surface area (Å²) < 4.78 is 0. The molecule has 0 unspecified atom stereocenters. The summed E-state index contributed by atoms with van der Waals surface area (Å²) in [6, 6.07) is 7.19. The standard InChI is InChI=1S/C6H4Cl2.C3H7NO2/c7-5-3-1-2-4-6(5)8;4-2-1-3(5)6/h1-4H;1-2,4H2,(H,5,6). The Balaban J connectivity index is 0.000000255. The summed E-state index contributed by atoms with van der Waals surface area (Å²) in [5.74, 6) is -0.836. The van der Waals surface area contributed by atoms with Crippen molar-refractivity contribution in [1.82, 2.24) is 0 Å². The third kappa shape index (κ3) is 6.71. The van der Waals surface area contributed by atoms with E-state index < -0.39 is 5.97 Å². The highest BCUT2D eigenvalue weighted by atomic mass is 35.5. The van der Waals surface area contributed by atoms with Crippen LogP contribution in [0.1, 0.15) is 6.42 Å². The monoisotopic (exact) mass is 235 g/mol. The first kappa shape index (κ1) is 13.2. The Morgan fingerprint density at radius 3 is 1.86 bits per heavy atom. The largest absolute Gasteiger partial charge is 0.481 e. The number of carboxylic acid groups (broad SMARTS) is 1. The molecule has 0 amide bonds. The van der Waals surface area contributed by atoms with E-state index in [0.29, 0.717) is 10.0 Å². The van der Waals surface area contributed by atoms with E-state index >= 15 is 0 Å². The molecule has 0 bridgehead atoms. The minimum Gasteiger partial charge on any atom is -0.481 e. The van der Waals surface area contributed by atoms with Gasteiger partial charge in [-0.1, -0.05) is 35.3 Å². The molecule has 0 fully saturated rings. The molecule has 0 aromatic heterocycles. The molecular formula is C9H11Cl2NO2. The van der Waals surface area contributed by atoms with Gasteiger partial charge < -0.3 is 10.8 Å². The van der Waals surface area contributed by atoms with Crippen molar-refractivity contribution < 1.29 is 9.90 Å². The first-order chi connectivity index (χ1) is 6.57. The van der Waals surface area contributed by atoms with Crippen molar-refractivity contribution in [3.8, 4) is 0 Å². The van der Waals surface area contributed by atoms with Crippen LogP contribution in [-0.4, -0.2) is 17.6 Å². The molecule has 0 aliphatic carbocycles. The molecule has 0 aliphatic rings. The Morgan fingerprint density at radius 2 is 1.71 bits per heavy atom. The van der Waals surface area contributed by atoms with Gasteiger partial charge in [0.15, 0.2) is 0 Å². The van der Waals surface area contributed by atoms with Gasteiger partial charge in [0.2, 0.25) is 0 Å². The van der Waals surface area contributed by atoms with Gasteiger partial charge in [-0.2, -0.15) is 0 Å². The molecule has 0 radical (unpaired) electrons. The lowest BCUT2D eigenvalue weighted by Crippen LogP contribution is -2.05. The number of hydrogen-bond acceptors (Lipinski definition) is 2. The second kappa shape index (κ2) is 7.62. The lowest BCUT2D eigenvalue weighted by Gasteiger charge is -1.88. The predicted octanol–water partition coefficient (Wildman–Crippen LogP) is 2.41. The molecule has 3 nitrogen and oxygen atoms in total. The lowest BCUT2D eigenvalue weighted by atomic mass is 10.4. The number of halogens is 2. The zero-order valence-electron chi connectivity index (χ0n) is 7.41. The van der Waals surface area contributed by atoms with Gasteiger partial charge in [0, 0.05) is 6.54 Å². The highest BCUT2D eigenvalue weighted by Crippen LogP contribution is 2.19. The third-order valence-electron chi connectivity index (χ3n) is 1.18. The first-order valence-corrected chi connectivity index (χ1v) is 4.65. The van der Waals surface area contributed by atoms with Gasteiger partial charge in [0.1, 0.15) is 0 Å². The molecule has 5 heteroatoms. The van der Waals surface area contributed by atoms with E-state index in [1.54, 1.807) is 12.1 Å². The smallest absolute Gasteiger partial charge is 0.304 e. The summed E-state index contributed by atoms with van der Waals surface area (Å²) in [6.45, 7) is 0.231. The second-order valence-corrected chi connectivity index (χ2v) is 3.16. The molecule has 78 valence electrons. The highest BCUT2D eigenvalue weighted by Gasteiger charge is 1.89. The zero-order chi connectivity index (χ0) is 11.0. The Hall–Kier alpha value is -0.770. The van der Waals surface area contributed by atoms with Crippen molar-refractivity contribution in [2.75, 3.05) is 6.54 Å². The van der Waals surface area contributed by atoms with Gasteiger partial charge in [-0.3, -0.25) is 4.79 Å². The maximum Gasteiger partial charge on any atom is 0.304 e. The average Bonchev–Trinajstić information content (AvgIpc) is 2.11. The van der Waals surface area contributed by atoms with Crippen LogP contribution in [0.25, 0.3) is 0 Å². The van der Waals surface area contributed by atoms with Gasteiger partial charge in [0.05, 0.1) is 16.5 Å². The Labute approximate surface area is 92.4 Å². The lowest BCUT2D eigenvalue weighted by molar-refractivity contribution is -0.136. The highest BCUT2D eigenvalue weighted by molar-refractivity contribution is 6.41. The fourth-order valence-corrected chi connectivity index (χ4v) is 0.834. The number of hydrogen-bond donors (Lipinski definition) is 2. The molecule has 1 rings (SSSR count). The van der Waals surface area contributed by atoms with Crippen molar-refractivity contribution in [3.05, 3.63) is 34.3 Å². The molecule has 3 N–H and O–H groups in total. The molecule has 1 aromatic carbocycles. The van der Waals surface area contributed by atoms with Crippen molar-refractivity contribution >= 4 is 29.2 Å². The second-order valence-electron chi connectivity index (χ2n) is 2.35. The van der Waals surface area contributed by atoms with Crippen LogP contribution in [0.4, 0.5) is 0 Å². The topological polar surface area (TPSA) is 63.3 Å². The van der Waals surface area contributed by atoms with Gasteiger partial charge >= 0.3 is 5.97 Å². The number of carbonyl (C=O) groups is 1. The van der Waals surface area contributed by atoms with E-state index in [2.05, 4.69) is 0 Å². The van der Waals surface area contributed by atoms with Crippen LogP contribution in [0.3, 0.4) is 0 Å². The van der Waals surface area contributed by atoms with Crippen molar-refractivity contribution in [3.63, 3.8) is 0 Å². The van der Waals surface area contributed by atoms with E-state index in [1.807, 2.05) is 12.1 Å². The molecule has 0 atom stereocenters. The summed E-state index contributed by atoms with van der Waals surface area (Å²) >= 11 is 11.2. The van der Waals surface area contributed by atoms with Crippen molar-refractivity contribution in [2.24, 2.45) is 5.73 Å². The Kier molecular flexibility index (Phi) is 7.20. The van der Waals surface area contributed by atoms with Crippen LogP contribution in [0.5, 0.6) is 0 Å². The number of nitrogens with two attached hydrogens (primary N) is 1. The minimum absolute atomic E-state index is 0.0694. The van der Waals surface area contributed by atoms with Gasteiger partial charge in [-0.05, 0) is 12.1 Å². The van der Waals surface area contributed by atoms with E-state index in [9.17, 15) is 4.79 Å². The Morgan fingerprint density at radius 1 is 1.29 bits per heavy atom. The van der Waals surface area contributed by atoms with E-state index in [0.717, 1.165) is 0 Å². The number of carboxylic acids is 1. The fourth-order valence-electron chi connectivity index (χ4n) is 0.563. The van der Waals surface area contributed by atoms with Crippen LogP contribution in [-0.2, 0) is 4.79 Å². The number of rotatable bonds is 2. The molecule has 0 spiro atoms. The molecule has 1 aromatic rings. The molecule has 0 saturated carbocycles. The fraction of sp³-hybridized carbons (Fsp3) is 0.222. The first-order valence-electron chi connectivity index (χ1n) is 3.89. The molecule has 14 heavy (non-hydrogen) atoms. The van der Waals surface area contributed by atoms with Gasteiger partial charge in [0.25, 0.3) is 0 Å². The normalized spacial score (nSPS) is 8.79. The van der Waals surface area contributed by atoms with Gasteiger partial charge in [-0.15, -0.1) is 0 Å². The van der Waals surface area contributed by atoms with E-state index in [1.165, 1.54) is 0 Å². The summed E-state index contributed by atoms with van der Waals surface area (Å²) in [7, 11) is 0. The summed E-state index contributed by atoms with van der Waals surface area (Å²) in [4.78, 5) is 9.52. The van der Waals surface area contributed by atoms with Crippen LogP contribution >= 0.6 is 23.2 Å². The average molecular weight is 236 g/mol. The van der Waals surface area contributed by atoms with Crippen molar-refractivity contribution in [1.29, 1.82) is 0 Å². The maximum atomic E-state index is 9.52. The zero-order valence-corrected chi connectivity index (χ0v) is 8.92. The van der Waals surface area contributed by atoms with Crippen LogP contribution in [0.15, 0.2) is 24.3 Å². The molecule has 0 aliphatic heterocycles. The van der Waals surface area contributed by atoms with E-state index in [-0.39, 0.29) is 13.0 Å². The minimum atomic E-state index is -0.836. The third-order valence-corrected chi connectivity index (χ3v) is 1.94. The summed E-state index contributed by atoms with van der Waals surface area (Å²) in [5, 5.41) is 9.04. The number of benzene rings is 1. The number of aliphatic carboxylic acids is 1. The predicted molar refractivity (Wildman–Crippen MR) is 57.8 cm³/mol. The molecule has 0 saturated heterocycles. The maximum absolute atomic E-state index is 9.52. The Bertz CT molecular complexity index is 271. The SMILES string of the molecule is Clc1ccccc1Cl.NCCC(=O)O. The van der Waals surface area contributed by atoms with E-state index in [4.69, 9.17) is 34.0 Å².